The van der Waals surface area contributed by atoms with Gasteiger partial charge in [-0.15, -0.1) is 0 Å². The highest BCUT2D eigenvalue weighted by molar-refractivity contribution is 9.11. The van der Waals surface area contributed by atoms with Crippen molar-refractivity contribution >= 4 is 42.8 Å². The van der Waals surface area contributed by atoms with Crippen LogP contribution in [0.25, 0.3) is 10.9 Å². The summed E-state index contributed by atoms with van der Waals surface area (Å²) in [7, 11) is 0. The van der Waals surface area contributed by atoms with Crippen LogP contribution in [0.3, 0.4) is 0 Å². The number of aryl methyl sites for hydroxylation is 2. The largest absolute Gasteiger partial charge is 0.309 e. The summed E-state index contributed by atoms with van der Waals surface area (Å²) in [5.41, 5.74) is 4.82. The lowest BCUT2D eigenvalue weighted by atomic mass is 9.89. The molecule has 0 fully saturated rings. The molecular weight excluding hydrogens is 470 g/mol. The van der Waals surface area contributed by atoms with E-state index in [2.05, 4.69) is 72.3 Å². The summed E-state index contributed by atoms with van der Waals surface area (Å²) in [4.78, 5) is 19.9. The Balaban J connectivity index is 1.54. The predicted octanol–water partition coefficient (Wildman–Crippen LogP) is 5.18. The van der Waals surface area contributed by atoms with Crippen LogP contribution < -0.4 is 10.9 Å². The summed E-state index contributed by atoms with van der Waals surface area (Å²) in [5.74, 6) is 0.639. The summed E-state index contributed by atoms with van der Waals surface area (Å²) in [6, 6.07) is 10.7. The van der Waals surface area contributed by atoms with Crippen molar-refractivity contribution in [1.82, 2.24) is 15.3 Å². The molecule has 0 saturated heterocycles. The van der Waals surface area contributed by atoms with E-state index in [-0.39, 0.29) is 11.6 Å². The number of nitrogens with one attached hydrogen (secondary N) is 2. The van der Waals surface area contributed by atoms with Crippen LogP contribution in [0, 0.1) is 0 Å². The van der Waals surface area contributed by atoms with E-state index in [9.17, 15) is 4.79 Å². The minimum Gasteiger partial charge on any atom is -0.309 e. The van der Waals surface area contributed by atoms with Gasteiger partial charge in [-0.3, -0.25) is 4.79 Å². The van der Waals surface area contributed by atoms with Crippen molar-refractivity contribution in [3.63, 3.8) is 0 Å². The lowest BCUT2D eigenvalue weighted by molar-refractivity contribution is 0.557. The third-order valence-electron chi connectivity index (χ3n) is 5.23. The Morgan fingerprint density at radius 2 is 1.93 bits per heavy atom. The fraction of sp³-hybridized carbons (Fsp3) is 0.333. The smallest absolute Gasteiger partial charge is 0.258 e. The molecule has 6 heteroatoms. The number of fused-ring (bicyclic) bond motifs is 2. The van der Waals surface area contributed by atoms with Gasteiger partial charge in [0.2, 0.25) is 0 Å². The van der Waals surface area contributed by atoms with Gasteiger partial charge in [-0.2, -0.15) is 0 Å². The minimum absolute atomic E-state index is 0.125. The Hall–Kier alpha value is -1.50. The van der Waals surface area contributed by atoms with Crippen molar-refractivity contribution in [1.29, 1.82) is 0 Å². The van der Waals surface area contributed by atoms with E-state index in [0.29, 0.717) is 23.3 Å². The molecule has 4 nitrogen and oxygen atoms in total. The van der Waals surface area contributed by atoms with E-state index in [1.807, 2.05) is 6.07 Å². The molecule has 0 aliphatic heterocycles. The van der Waals surface area contributed by atoms with Gasteiger partial charge in [0.05, 0.1) is 17.4 Å². The Bertz CT molecular complexity index is 1060. The second-order valence-corrected chi connectivity index (χ2v) is 8.90. The van der Waals surface area contributed by atoms with Gasteiger partial charge < -0.3 is 10.3 Å². The first-order chi connectivity index (χ1) is 13.0. The average molecular weight is 491 g/mol. The molecule has 0 radical (unpaired) electrons. The van der Waals surface area contributed by atoms with Crippen LogP contribution in [0.4, 0.5) is 0 Å². The summed E-state index contributed by atoms with van der Waals surface area (Å²) in [6.45, 7) is 2.66. The standard InChI is InChI=1S/C21H21Br2N3O/c1-12(14-7-6-13-4-2-3-5-15(13)8-14)24-11-19-25-20-17(21(27)26-19)9-16(22)10-18(20)23/h6-10,12,24H,2-5,11H2,1H3,(H,25,26,27). The van der Waals surface area contributed by atoms with Crippen molar-refractivity contribution < 1.29 is 0 Å². The molecule has 1 aliphatic carbocycles. The van der Waals surface area contributed by atoms with E-state index in [1.165, 1.54) is 42.4 Å². The summed E-state index contributed by atoms with van der Waals surface area (Å²) in [6.07, 6.45) is 4.96. The molecule has 1 aliphatic rings. The maximum Gasteiger partial charge on any atom is 0.258 e. The number of H-pyrrole nitrogens is 1. The van der Waals surface area contributed by atoms with Crippen LogP contribution in [-0.2, 0) is 19.4 Å². The first kappa shape index (κ1) is 18.8. The van der Waals surface area contributed by atoms with E-state index >= 15 is 0 Å². The number of benzene rings is 2. The molecule has 27 heavy (non-hydrogen) atoms. The summed E-state index contributed by atoms with van der Waals surface area (Å²) >= 11 is 6.92. The van der Waals surface area contributed by atoms with E-state index in [4.69, 9.17) is 0 Å². The Morgan fingerprint density at radius 1 is 1.15 bits per heavy atom. The third kappa shape index (κ3) is 4.03. The predicted molar refractivity (Wildman–Crippen MR) is 116 cm³/mol. The highest BCUT2D eigenvalue weighted by Crippen LogP contribution is 2.26. The topological polar surface area (TPSA) is 57.8 Å². The Morgan fingerprint density at radius 3 is 2.74 bits per heavy atom. The minimum atomic E-state index is -0.125. The van der Waals surface area contributed by atoms with Crippen LogP contribution in [-0.4, -0.2) is 9.97 Å². The van der Waals surface area contributed by atoms with Crippen LogP contribution in [0.15, 0.2) is 44.1 Å². The molecule has 2 N–H and O–H groups in total. The number of nitrogens with zero attached hydrogens (tertiary/aromatic N) is 1. The lowest BCUT2D eigenvalue weighted by Crippen LogP contribution is -2.22. The molecule has 1 unspecified atom stereocenters. The van der Waals surface area contributed by atoms with Gasteiger partial charge in [0.25, 0.3) is 5.56 Å². The van der Waals surface area contributed by atoms with Crippen molar-refractivity contribution in [3.8, 4) is 0 Å². The van der Waals surface area contributed by atoms with Crippen LogP contribution in [0.1, 0.15) is 48.3 Å². The van der Waals surface area contributed by atoms with Crippen molar-refractivity contribution in [2.75, 3.05) is 0 Å². The maximum atomic E-state index is 12.4. The number of halogens is 2. The first-order valence-electron chi connectivity index (χ1n) is 9.24. The van der Waals surface area contributed by atoms with Gasteiger partial charge in [0.1, 0.15) is 5.82 Å². The summed E-state index contributed by atoms with van der Waals surface area (Å²) in [5, 5.41) is 4.06. The lowest BCUT2D eigenvalue weighted by Gasteiger charge is -2.20. The van der Waals surface area contributed by atoms with E-state index in [1.54, 1.807) is 6.07 Å². The SMILES string of the molecule is CC(NCc1nc2c(Br)cc(Br)cc2c(=O)[nH]1)c1ccc2c(c1)CCCC2. The van der Waals surface area contributed by atoms with Crippen LogP contribution >= 0.6 is 31.9 Å². The average Bonchev–Trinajstić information content (AvgIpc) is 2.66. The Kier molecular flexibility index (Phi) is 5.48. The highest BCUT2D eigenvalue weighted by atomic mass is 79.9. The molecule has 1 heterocycles. The van der Waals surface area contributed by atoms with Gasteiger partial charge in [-0.1, -0.05) is 34.1 Å². The van der Waals surface area contributed by atoms with Gasteiger partial charge in [-0.25, -0.2) is 4.98 Å². The number of aromatic nitrogens is 2. The number of hydrogen-bond donors (Lipinski definition) is 2. The molecule has 0 amide bonds. The van der Waals surface area contributed by atoms with Crippen LogP contribution in [0.5, 0.6) is 0 Å². The fourth-order valence-electron chi connectivity index (χ4n) is 3.69. The second-order valence-electron chi connectivity index (χ2n) is 7.13. The normalized spacial score (nSPS) is 14.9. The van der Waals surface area contributed by atoms with Crippen molar-refractivity contribution in [2.45, 2.75) is 45.2 Å². The van der Waals surface area contributed by atoms with Gasteiger partial charge in [0, 0.05) is 15.0 Å². The zero-order valence-electron chi connectivity index (χ0n) is 15.1. The van der Waals surface area contributed by atoms with Crippen molar-refractivity contribution in [2.24, 2.45) is 0 Å². The zero-order chi connectivity index (χ0) is 19.0. The van der Waals surface area contributed by atoms with Crippen LogP contribution in [0.2, 0.25) is 0 Å². The van der Waals surface area contributed by atoms with Gasteiger partial charge in [-0.05, 0) is 77.4 Å². The number of aromatic amines is 1. The van der Waals surface area contributed by atoms with Crippen molar-refractivity contribution in [3.05, 3.63) is 72.1 Å². The number of hydrogen-bond acceptors (Lipinski definition) is 3. The molecule has 0 saturated carbocycles. The number of rotatable bonds is 4. The van der Waals surface area contributed by atoms with E-state index in [0.717, 1.165) is 8.95 Å². The molecule has 1 atom stereocenters. The molecule has 2 aromatic carbocycles. The molecular formula is C21H21Br2N3O. The molecule has 0 bridgehead atoms. The molecule has 140 valence electrons. The fourth-order valence-corrected chi connectivity index (χ4v) is 5.00. The quantitative estimate of drug-likeness (QED) is 0.529. The zero-order valence-corrected chi connectivity index (χ0v) is 18.3. The third-order valence-corrected chi connectivity index (χ3v) is 6.29. The second kappa shape index (κ2) is 7.86. The highest BCUT2D eigenvalue weighted by Gasteiger charge is 2.13. The van der Waals surface area contributed by atoms with Gasteiger partial charge in [0.15, 0.2) is 0 Å². The monoisotopic (exact) mass is 489 g/mol. The Labute approximate surface area is 175 Å². The molecule has 1 aromatic heterocycles. The maximum absolute atomic E-state index is 12.4. The molecule has 3 aromatic rings. The van der Waals surface area contributed by atoms with E-state index < -0.39 is 0 Å². The molecule has 4 rings (SSSR count). The first-order valence-corrected chi connectivity index (χ1v) is 10.8. The van der Waals surface area contributed by atoms with Gasteiger partial charge >= 0.3 is 0 Å². The molecule has 0 spiro atoms. The summed E-state index contributed by atoms with van der Waals surface area (Å²) < 4.78 is 1.66.